The molecule has 0 amide bonds. The Bertz CT molecular complexity index is 207. The van der Waals surface area contributed by atoms with Crippen molar-refractivity contribution in [3.63, 3.8) is 0 Å². The summed E-state index contributed by atoms with van der Waals surface area (Å²) in [6, 6.07) is 0. The Labute approximate surface area is 63.7 Å². The molecule has 0 aromatic carbocycles. The van der Waals surface area contributed by atoms with Gasteiger partial charge in [0.25, 0.3) is 0 Å². The number of rotatable bonds is 2. The van der Waals surface area contributed by atoms with Gasteiger partial charge in [0.2, 0.25) is 0 Å². The predicted molar refractivity (Wildman–Crippen MR) is 38.9 cm³/mol. The lowest BCUT2D eigenvalue weighted by Gasteiger charge is -1.89. The molecule has 0 bridgehead atoms. The first-order chi connectivity index (χ1) is 5.07. The molecule has 0 aromatic rings. The zero-order valence-corrected chi connectivity index (χ0v) is 6.37. The summed E-state index contributed by atoms with van der Waals surface area (Å²) in [5, 5.41) is 0. The molecule has 0 unspecified atom stereocenters. The number of hydrogen-bond donors (Lipinski definition) is 0. The highest BCUT2D eigenvalue weighted by molar-refractivity contribution is 5.25. The van der Waals surface area contributed by atoms with Gasteiger partial charge < -0.3 is 0 Å². The van der Waals surface area contributed by atoms with Gasteiger partial charge in [0.05, 0.1) is 6.33 Å². The van der Waals surface area contributed by atoms with Gasteiger partial charge in [-0.25, -0.2) is 13.2 Å². The van der Waals surface area contributed by atoms with Gasteiger partial charge >= 0.3 is 0 Å². The normalized spacial score (nSPS) is 15.5. The van der Waals surface area contributed by atoms with Crippen LogP contribution in [0, 0.1) is 0 Å². The van der Waals surface area contributed by atoms with E-state index in [1.54, 1.807) is 0 Å². The van der Waals surface area contributed by atoms with E-state index in [1.807, 2.05) is 0 Å². The Kier molecular flexibility index (Phi) is 4.34. The van der Waals surface area contributed by atoms with Crippen LogP contribution in [0.3, 0.4) is 0 Å². The average molecular weight is 162 g/mol. The maximum absolute atomic E-state index is 12.4. The minimum Gasteiger partial charge on any atom is -0.216 e. The van der Waals surface area contributed by atoms with Crippen molar-refractivity contribution in [3.8, 4) is 0 Å². The molecule has 0 saturated heterocycles. The molecule has 0 spiro atoms. The van der Waals surface area contributed by atoms with Crippen LogP contribution < -0.4 is 0 Å². The Balaban J connectivity index is 4.44. The molecule has 0 aliphatic carbocycles. The molecule has 0 aliphatic rings. The minimum absolute atomic E-state index is 0.271. The number of halogens is 3. The monoisotopic (exact) mass is 162 g/mol. The van der Waals surface area contributed by atoms with Crippen LogP contribution in [0.4, 0.5) is 13.2 Å². The molecule has 0 fully saturated rings. The average Bonchev–Trinajstić information content (AvgIpc) is 1.87. The van der Waals surface area contributed by atoms with Crippen molar-refractivity contribution in [2.75, 3.05) is 0 Å². The Morgan fingerprint density at radius 2 is 1.73 bits per heavy atom. The summed E-state index contributed by atoms with van der Waals surface area (Å²) in [7, 11) is 0. The molecule has 0 atom stereocenters. The highest BCUT2D eigenvalue weighted by atomic mass is 19.2. The van der Waals surface area contributed by atoms with E-state index in [1.165, 1.54) is 6.92 Å². The summed E-state index contributed by atoms with van der Waals surface area (Å²) in [6.07, 6.45) is 2.24. The van der Waals surface area contributed by atoms with Crippen LogP contribution in [0.2, 0.25) is 0 Å². The van der Waals surface area contributed by atoms with Gasteiger partial charge in [-0.3, -0.25) is 0 Å². The first-order valence-corrected chi connectivity index (χ1v) is 3.05. The fourth-order valence-electron chi connectivity index (χ4n) is 0.447. The van der Waals surface area contributed by atoms with Gasteiger partial charge in [-0.1, -0.05) is 0 Å². The SMILES string of the molecule is CC(=C/C(F)=C(\C)F)/C=C/F. The zero-order chi connectivity index (χ0) is 8.85. The standard InChI is InChI=1S/C8H9F3/c1-6(3-4-9)5-8(11)7(2)10/h3-5H,1-2H3/b4-3+,6-5-,8-7-. The van der Waals surface area contributed by atoms with E-state index < -0.39 is 11.7 Å². The highest BCUT2D eigenvalue weighted by Gasteiger charge is 1.95. The van der Waals surface area contributed by atoms with Crippen LogP contribution >= 0.6 is 0 Å². The Morgan fingerprint density at radius 1 is 1.18 bits per heavy atom. The molecular weight excluding hydrogens is 153 g/mol. The molecule has 0 aliphatic heterocycles. The molecule has 0 saturated carbocycles. The van der Waals surface area contributed by atoms with E-state index in [9.17, 15) is 13.2 Å². The van der Waals surface area contributed by atoms with Crippen molar-refractivity contribution in [1.82, 2.24) is 0 Å². The van der Waals surface area contributed by atoms with Crippen LogP contribution in [0.25, 0.3) is 0 Å². The van der Waals surface area contributed by atoms with Crippen LogP contribution in [-0.2, 0) is 0 Å². The summed E-state index contributed by atoms with van der Waals surface area (Å²) < 4.78 is 35.9. The summed E-state index contributed by atoms with van der Waals surface area (Å²) in [4.78, 5) is 0. The van der Waals surface area contributed by atoms with E-state index in [0.29, 0.717) is 5.57 Å². The first kappa shape index (κ1) is 10.0. The Hall–Kier alpha value is -0.990. The zero-order valence-electron chi connectivity index (χ0n) is 6.37. The van der Waals surface area contributed by atoms with Gasteiger partial charge in [-0.2, -0.15) is 0 Å². The lowest BCUT2D eigenvalue weighted by Crippen LogP contribution is -1.73. The van der Waals surface area contributed by atoms with Crippen LogP contribution in [-0.4, -0.2) is 0 Å². The van der Waals surface area contributed by atoms with Crippen molar-refractivity contribution >= 4 is 0 Å². The van der Waals surface area contributed by atoms with Crippen molar-refractivity contribution in [3.05, 3.63) is 35.7 Å². The molecule has 0 aromatic heterocycles. The second-order valence-electron chi connectivity index (χ2n) is 2.06. The van der Waals surface area contributed by atoms with Gasteiger partial charge in [0.1, 0.15) is 5.83 Å². The molecule has 62 valence electrons. The third kappa shape index (κ3) is 4.42. The molecule has 0 radical (unpaired) electrons. The molecule has 0 rings (SSSR count). The summed E-state index contributed by atoms with van der Waals surface area (Å²) >= 11 is 0. The van der Waals surface area contributed by atoms with Crippen LogP contribution in [0.15, 0.2) is 35.7 Å². The number of allylic oxidation sites excluding steroid dienone is 5. The second kappa shape index (κ2) is 4.77. The Morgan fingerprint density at radius 3 is 2.09 bits per heavy atom. The molecular formula is C8H9F3. The molecule has 0 N–H and O–H groups in total. The van der Waals surface area contributed by atoms with Crippen molar-refractivity contribution in [2.45, 2.75) is 13.8 Å². The van der Waals surface area contributed by atoms with Crippen LogP contribution in [0.1, 0.15) is 13.8 Å². The molecule has 11 heavy (non-hydrogen) atoms. The van der Waals surface area contributed by atoms with E-state index in [0.717, 1.165) is 19.1 Å². The number of hydrogen-bond acceptors (Lipinski definition) is 0. The first-order valence-electron chi connectivity index (χ1n) is 3.05. The van der Waals surface area contributed by atoms with Crippen LogP contribution in [0.5, 0.6) is 0 Å². The van der Waals surface area contributed by atoms with E-state index in [4.69, 9.17) is 0 Å². The van der Waals surface area contributed by atoms with E-state index in [-0.39, 0.29) is 6.33 Å². The minimum atomic E-state index is -0.972. The second-order valence-corrected chi connectivity index (χ2v) is 2.06. The predicted octanol–water partition coefficient (Wildman–Crippen LogP) is 3.59. The highest BCUT2D eigenvalue weighted by Crippen LogP contribution is 2.11. The molecule has 3 heteroatoms. The lowest BCUT2D eigenvalue weighted by atomic mass is 10.2. The largest absolute Gasteiger partial charge is 0.216 e. The fraction of sp³-hybridized carbons (Fsp3) is 0.250. The summed E-state index contributed by atoms with van der Waals surface area (Å²) in [6.45, 7) is 2.47. The van der Waals surface area contributed by atoms with E-state index in [2.05, 4.69) is 0 Å². The maximum atomic E-state index is 12.4. The molecule has 0 heterocycles. The van der Waals surface area contributed by atoms with E-state index >= 15 is 0 Å². The van der Waals surface area contributed by atoms with Crippen molar-refractivity contribution in [1.29, 1.82) is 0 Å². The topological polar surface area (TPSA) is 0 Å². The molecule has 0 nitrogen and oxygen atoms in total. The van der Waals surface area contributed by atoms with Crippen molar-refractivity contribution < 1.29 is 13.2 Å². The third-order valence-corrected chi connectivity index (χ3v) is 1.01. The van der Waals surface area contributed by atoms with Gasteiger partial charge in [-0.15, -0.1) is 0 Å². The third-order valence-electron chi connectivity index (χ3n) is 1.01. The van der Waals surface area contributed by atoms with Crippen molar-refractivity contribution in [2.24, 2.45) is 0 Å². The van der Waals surface area contributed by atoms with Gasteiger partial charge in [0.15, 0.2) is 5.83 Å². The fourth-order valence-corrected chi connectivity index (χ4v) is 0.447. The van der Waals surface area contributed by atoms with Gasteiger partial charge in [0, 0.05) is 0 Å². The smallest absolute Gasteiger partial charge is 0.154 e. The quantitative estimate of drug-likeness (QED) is 0.544. The lowest BCUT2D eigenvalue weighted by molar-refractivity contribution is 0.555. The van der Waals surface area contributed by atoms with Gasteiger partial charge in [-0.05, 0) is 31.6 Å². The summed E-state index contributed by atoms with van der Waals surface area (Å²) in [5.74, 6) is -1.88. The summed E-state index contributed by atoms with van der Waals surface area (Å²) in [5.41, 5.74) is 0.321. The maximum Gasteiger partial charge on any atom is 0.154 e.